The van der Waals surface area contributed by atoms with E-state index in [0.717, 1.165) is 5.56 Å². The van der Waals surface area contributed by atoms with Crippen molar-refractivity contribution >= 4 is 15.7 Å². The van der Waals surface area contributed by atoms with Crippen molar-refractivity contribution in [1.29, 1.82) is 0 Å². The zero-order valence-corrected chi connectivity index (χ0v) is 10.5. The molecule has 0 aromatic carbocycles. The number of nitrogens with one attached hydrogen (secondary N) is 2. The van der Waals surface area contributed by atoms with E-state index in [1.54, 1.807) is 12.3 Å². The van der Waals surface area contributed by atoms with E-state index in [0.29, 0.717) is 11.3 Å². The predicted octanol–water partition coefficient (Wildman–Crippen LogP) is 0.373. The number of rotatable bonds is 4. The molecule has 4 N–H and O–H groups in total. The molecule has 0 aliphatic heterocycles. The zero-order chi connectivity index (χ0) is 13.2. The molecule has 0 aliphatic rings. The third-order valence-corrected chi connectivity index (χ3v) is 3.69. The maximum atomic E-state index is 12.1. The molecule has 7 nitrogen and oxygen atoms in total. The number of aryl methyl sites for hydroxylation is 1. The first-order valence-corrected chi connectivity index (χ1v) is 6.68. The van der Waals surface area contributed by atoms with Crippen molar-refractivity contribution in [3.63, 3.8) is 0 Å². The van der Waals surface area contributed by atoms with Gasteiger partial charge in [-0.05, 0) is 18.6 Å². The fraction of sp³-hybridized carbons (Fsp3) is 0.200. The molecule has 0 unspecified atom stereocenters. The largest absolute Gasteiger partial charge is 0.326 e. The molecule has 2 aromatic heterocycles. The molecule has 18 heavy (non-hydrogen) atoms. The van der Waals surface area contributed by atoms with E-state index in [1.807, 2.05) is 6.92 Å². The summed E-state index contributed by atoms with van der Waals surface area (Å²) in [5.74, 6) is 0. The van der Waals surface area contributed by atoms with Gasteiger partial charge in [0.05, 0.1) is 18.1 Å². The van der Waals surface area contributed by atoms with Crippen molar-refractivity contribution in [2.75, 3.05) is 4.72 Å². The Morgan fingerprint density at radius 1 is 1.39 bits per heavy atom. The Balaban J connectivity index is 2.33. The molecule has 0 spiro atoms. The fourth-order valence-electron chi connectivity index (χ4n) is 1.49. The highest BCUT2D eigenvalue weighted by molar-refractivity contribution is 7.92. The molecule has 0 bridgehead atoms. The number of aromatic nitrogens is 3. The van der Waals surface area contributed by atoms with Gasteiger partial charge in [0.1, 0.15) is 0 Å². The van der Waals surface area contributed by atoms with Gasteiger partial charge in [-0.1, -0.05) is 0 Å². The van der Waals surface area contributed by atoms with Gasteiger partial charge in [-0.15, -0.1) is 0 Å². The first kappa shape index (κ1) is 12.5. The van der Waals surface area contributed by atoms with E-state index >= 15 is 0 Å². The minimum atomic E-state index is -3.72. The number of hydrogen-bond acceptors (Lipinski definition) is 5. The molecule has 2 rings (SSSR count). The Hall–Kier alpha value is -1.93. The second-order valence-corrected chi connectivity index (χ2v) is 5.40. The van der Waals surface area contributed by atoms with Crippen molar-refractivity contribution in [2.45, 2.75) is 18.5 Å². The number of pyridine rings is 1. The molecule has 96 valence electrons. The first-order chi connectivity index (χ1) is 8.53. The van der Waals surface area contributed by atoms with Gasteiger partial charge in [-0.3, -0.25) is 14.8 Å². The third kappa shape index (κ3) is 2.49. The summed E-state index contributed by atoms with van der Waals surface area (Å²) in [6.07, 6.45) is 4.46. The molecule has 0 radical (unpaired) electrons. The Bertz CT molecular complexity index is 650. The van der Waals surface area contributed by atoms with Gasteiger partial charge in [0.2, 0.25) is 0 Å². The number of nitrogens with zero attached hydrogens (tertiary/aromatic N) is 2. The first-order valence-electron chi connectivity index (χ1n) is 5.19. The molecule has 0 amide bonds. The fourth-order valence-corrected chi connectivity index (χ4v) is 2.67. The lowest BCUT2D eigenvalue weighted by Crippen LogP contribution is -2.16. The highest BCUT2D eigenvalue weighted by Gasteiger charge is 2.20. The molecule has 0 aliphatic carbocycles. The number of sulfonamides is 1. The molecule has 8 heteroatoms. The highest BCUT2D eigenvalue weighted by Crippen LogP contribution is 2.16. The van der Waals surface area contributed by atoms with Crippen LogP contribution >= 0.6 is 0 Å². The molecular formula is C10H13N5O2S. The SMILES string of the molecule is Cc1cncc(NS(=O)(=O)c2[nH]ncc2CN)c1. The lowest BCUT2D eigenvalue weighted by molar-refractivity contribution is 0.596. The second kappa shape index (κ2) is 4.75. The second-order valence-electron chi connectivity index (χ2n) is 3.78. The van der Waals surface area contributed by atoms with Crippen LogP contribution in [0, 0.1) is 6.92 Å². The number of nitrogens with two attached hydrogens (primary N) is 1. The number of aromatic amines is 1. The van der Waals surface area contributed by atoms with Crippen LogP contribution in [-0.4, -0.2) is 23.6 Å². The quantitative estimate of drug-likeness (QED) is 0.740. The molecule has 0 saturated heterocycles. The van der Waals surface area contributed by atoms with E-state index in [1.165, 1.54) is 12.4 Å². The highest BCUT2D eigenvalue weighted by atomic mass is 32.2. The average molecular weight is 267 g/mol. The Kier molecular flexibility index (Phi) is 3.30. The van der Waals surface area contributed by atoms with Crippen LogP contribution in [0.4, 0.5) is 5.69 Å². The van der Waals surface area contributed by atoms with Gasteiger partial charge >= 0.3 is 0 Å². The van der Waals surface area contributed by atoms with Crippen LogP contribution < -0.4 is 10.5 Å². The summed E-state index contributed by atoms with van der Waals surface area (Å²) in [4.78, 5) is 3.91. The monoisotopic (exact) mass is 267 g/mol. The van der Waals surface area contributed by atoms with Crippen LogP contribution in [0.3, 0.4) is 0 Å². The summed E-state index contributed by atoms with van der Waals surface area (Å²) in [6.45, 7) is 1.92. The lowest BCUT2D eigenvalue weighted by atomic mass is 10.3. The number of hydrogen-bond donors (Lipinski definition) is 3. The summed E-state index contributed by atoms with van der Waals surface area (Å²) < 4.78 is 26.6. The normalized spacial score (nSPS) is 11.4. The van der Waals surface area contributed by atoms with Gasteiger partial charge in [0.25, 0.3) is 10.0 Å². The maximum Gasteiger partial charge on any atom is 0.279 e. The minimum absolute atomic E-state index is 0.0218. The van der Waals surface area contributed by atoms with Crippen LogP contribution in [0.1, 0.15) is 11.1 Å². The molecular weight excluding hydrogens is 254 g/mol. The van der Waals surface area contributed by atoms with Crippen molar-refractivity contribution in [3.05, 3.63) is 35.8 Å². The topological polar surface area (TPSA) is 114 Å². The van der Waals surface area contributed by atoms with E-state index in [9.17, 15) is 8.42 Å². The average Bonchev–Trinajstić information content (AvgIpc) is 2.77. The van der Waals surface area contributed by atoms with Crippen molar-refractivity contribution in [1.82, 2.24) is 15.2 Å². The number of H-pyrrole nitrogens is 1. The standard InChI is InChI=1S/C10H13N5O2S/c1-7-2-9(6-12-4-7)15-18(16,17)10-8(3-11)5-13-14-10/h2,4-6,15H,3,11H2,1H3,(H,13,14). The smallest absolute Gasteiger partial charge is 0.279 e. The summed E-state index contributed by atoms with van der Waals surface area (Å²) in [6, 6.07) is 1.68. The van der Waals surface area contributed by atoms with Crippen LogP contribution in [0.25, 0.3) is 0 Å². The van der Waals surface area contributed by atoms with E-state index in [4.69, 9.17) is 5.73 Å². The van der Waals surface area contributed by atoms with Crippen LogP contribution in [0.5, 0.6) is 0 Å². The molecule has 0 atom stereocenters. The Morgan fingerprint density at radius 2 is 2.17 bits per heavy atom. The van der Waals surface area contributed by atoms with Gasteiger partial charge in [0.15, 0.2) is 5.03 Å². The summed E-state index contributed by atoms with van der Waals surface area (Å²) >= 11 is 0. The van der Waals surface area contributed by atoms with Crippen LogP contribution in [0.2, 0.25) is 0 Å². The van der Waals surface area contributed by atoms with Crippen molar-refractivity contribution in [3.8, 4) is 0 Å². The zero-order valence-electron chi connectivity index (χ0n) is 9.71. The van der Waals surface area contributed by atoms with Crippen LogP contribution in [-0.2, 0) is 16.6 Å². The molecule has 2 heterocycles. The predicted molar refractivity (Wildman–Crippen MR) is 66.3 cm³/mol. The lowest BCUT2D eigenvalue weighted by Gasteiger charge is -2.07. The summed E-state index contributed by atoms with van der Waals surface area (Å²) in [7, 11) is -3.72. The van der Waals surface area contributed by atoms with Crippen molar-refractivity contribution < 1.29 is 8.42 Å². The van der Waals surface area contributed by atoms with Gasteiger partial charge in [0, 0.05) is 18.3 Å². The van der Waals surface area contributed by atoms with Gasteiger partial charge in [-0.2, -0.15) is 13.5 Å². The summed E-state index contributed by atoms with van der Waals surface area (Å²) in [5.41, 5.74) is 7.13. The maximum absolute atomic E-state index is 12.1. The van der Waals surface area contributed by atoms with E-state index < -0.39 is 10.0 Å². The van der Waals surface area contributed by atoms with Gasteiger partial charge < -0.3 is 5.73 Å². The molecule has 2 aromatic rings. The van der Waals surface area contributed by atoms with E-state index in [2.05, 4.69) is 19.9 Å². The van der Waals surface area contributed by atoms with E-state index in [-0.39, 0.29) is 11.6 Å². The van der Waals surface area contributed by atoms with Crippen LogP contribution in [0.15, 0.2) is 29.7 Å². The molecule has 0 saturated carbocycles. The summed E-state index contributed by atoms with van der Waals surface area (Å²) in [5, 5.41) is 6.09. The van der Waals surface area contributed by atoms with Gasteiger partial charge in [-0.25, -0.2) is 0 Å². The van der Waals surface area contributed by atoms with Crippen molar-refractivity contribution in [2.24, 2.45) is 5.73 Å². The minimum Gasteiger partial charge on any atom is -0.326 e. The third-order valence-electron chi connectivity index (χ3n) is 2.29. The number of anilines is 1. The molecule has 0 fully saturated rings. The Morgan fingerprint density at radius 3 is 2.83 bits per heavy atom. The Labute approximate surface area is 104 Å².